The number of hydrogen-bond acceptors (Lipinski definition) is 2. The summed E-state index contributed by atoms with van der Waals surface area (Å²) < 4.78 is 0. The summed E-state index contributed by atoms with van der Waals surface area (Å²) in [5.74, 6) is -2.68. The SMILES string of the molecule is C=CC(CC(=O)O)C(C=C)CC(=O)O. The third-order valence-electron chi connectivity index (χ3n) is 1.98. The lowest BCUT2D eigenvalue weighted by Crippen LogP contribution is -2.17. The van der Waals surface area contributed by atoms with Gasteiger partial charge in [0.05, 0.1) is 12.8 Å². The van der Waals surface area contributed by atoms with E-state index in [9.17, 15) is 9.59 Å². The molecule has 0 bridgehead atoms. The predicted molar refractivity (Wildman–Crippen MR) is 51.9 cm³/mol. The Hall–Kier alpha value is -1.58. The fourth-order valence-corrected chi connectivity index (χ4v) is 1.22. The Morgan fingerprint density at radius 3 is 1.43 bits per heavy atom. The maximum absolute atomic E-state index is 10.4. The van der Waals surface area contributed by atoms with Gasteiger partial charge in [0.15, 0.2) is 0 Å². The smallest absolute Gasteiger partial charge is 0.303 e. The fraction of sp³-hybridized carbons (Fsp3) is 0.400. The Balaban J connectivity index is 4.43. The zero-order chi connectivity index (χ0) is 11.1. The van der Waals surface area contributed by atoms with Crippen molar-refractivity contribution < 1.29 is 19.8 Å². The summed E-state index contributed by atoms with van der Waals surface area (Å²) in [6, 6.07) is 0. The van der Waals surface area contributed by atoms with Crippen LogP contribution in [0.4, 0.5) is 0 Å². The predicted octanol–water partition coefficient (Wildman–Crippen LogP) is 1.54. The number of hydrogen-bond donors (Lipinski definition) is 2. The first kappa shape index (κ1) is 12.4. The molecule has 0 aliphatic heterocycles. The first-order valence-electron chi connectivity index (χ1n) is 4.20. The van der Waals surface area contributed by atoms with Gasteiger partial charge in [-0.3, -0.25) is 9.59 Å². The van der Waals surface area contributed by atoms with Gasteiger partial charge in [0, 0.05) is 0 Å². The van der Waals surface area contributed by atoms with E-state index in [2.05, 4.69) is 13.2 Å². The minimum atomic E-state index is -0.966. The molecule has 0 radical (unpaired) electrons. The summed E-state index contributed by atoms with van der Waals surface area (Å²) >= 11 is 0. The van der Waals surface area contributed by atoms with E-state index in [0.717, 1.165) is 0 Å². The van der Waals surface area contributed by atoms with Gasteiger partial charge in [-0.25, -0.2) is 0 Å². The second-order valence-corrected chi connectivity index (χ2v) is 2.99. The molecule has 0 aromatic rings. The van der Waals surface area contributed by atoms with E-state index in [4.69, 9.17) is 10.2 Å². The Bertz CT molecular complexity index is 219. The molecule has 0 fully saturated rings. The Labute approximate surface area is 82.6 Å². The molecule has 0 saturated carbocycles. The molecular weight excluding hydrogens is 184 g/mol. The highest BCUT2D eigenvalue weighted by atomic mass is 16.4. The molecule has 2 unspecified atom stereocenters. The summed E-state index contributed by atoms with van der Waals surface area (Å²) in [6.07, 6.45) is 2.69. The molecule has 0 spiro atoms. The average molecular weight is 198 g/mol. The lowest BCUT2D eigenvalue weighted by molar-refractivity contribution is -0.140. The van der Waals surface area contributed by atoms with E-state index in [1.165, 1.54) is 12.2 Å². The molecule has 0 aliphatic rings. The van der Waals surface area contributed by atoms with Gasteiger partial charge in [-0.1, -0.05) is 12.2 Å². The van der Waals surface area contributed by atoms with Crippen molar-refractivity contribution in [1.29, 1.82) is 0 Å². The molecule has 4 heteroatoms. The number of carboxylic acid groups (broad SMARTS) is 2. The van der Waals surface area contributed by atoms with Crippen LogP contribution < -0.4 is 0 Å². The van der Waals surface area contributed by atoms with Crippen LogP contribution >= 0.6 is 0 Å². The molecule has 78 valence electrons. The molecule has 0 aromatic carbocycles. The zero-order valence-electron chi connectivity index (χ0n) is 7.85. The summed E-state index contributed by atoms with van der Waals surface area (Å²) in [6.45, 7) is 6.97. The van der Waals surface area contributed by atoms with Crippen molar-refractivity contribution in [1.82, 2.24) is 0 Å². The maximum atomic E-state index is 10.4. The van der Waals surface area contributed by atoms with E-state index in [1.807, 2.05) is 0 Å². The van der Waals surface area contributed by atoms with Crippen LogP contribution in [0.15, 0.2) is 25.3 Å². The van der Waals surface area contributed by atoms with Crippen LogP contribution in [0.1, 0.15) is 12.8 Å². The molecule has 0 amide bonds. The average Bonchev–Trinajstić information content (AvgIpc) is 2.10. The van der Waals surface area contributed by atoms with Crippen molar-refractivity contribution >= 4 is 11.9 Å². The third kappa shape index (κ3) is 4.45. The van der Waals surface area contributed by atoms with Gasteiger partial charge in [0.25, 0.3) is 0 Å². The summed E-state index contributed by atoms with van der Waals surface area (Å²) in [4.78, 5) is 20.9. The molecule has 14 heavy (non-hydrogen) atoms. The first-order valence-corrected chi connectivity index (χ1v) is 4.20. The quantitative estimate of drug-likeness (QED) is 0.608. The van der Waals surface area contributed by atoms with Crippen LogP contribution in [0.5, 0.6) is 0 Å². The highest BCUT2D eigenvalue weighted by molar-refractivity contribution is 5.69. The normalized spacial score (nSPS) is 14.0. The Kier molecular flexibility index (Phi) is 5.29. The molecule has 0 aliphatic carbocycles. The summed E-state index contributed by atoms with van der Waals surface area (Å²) in [5, 5.41) is 17.1. The number of aliphatic carboxylic acids is 2. The third-order valence-corrected chi connectivity index (χ3v) is 1.98. The van der Waals surface area contributed by atoms with Crippen molar-refractivity contribution in [2.24, 2.45) is 11.8 Å². The van der Waals surface area contributed by atoms with Gasteiger partial charge in [-0.2, -0.15) is 0 Å². The second kappa shape index (κ2) is 5.96. The number of rotatable bonds is 7. The highest BCUT2D eigenvalue weighted by Crippen LogP contribution is 2.21. The highest BCUT2D eigenvalue weighted by Gasteiger charge is 2.20. The van der Waals surface area contributed by atoms with Gasteiger partial charge in [-0.15, -0.1) is 13.2 Å². The number of carbonyl (C=O) groups is 2. The standard InChI is InChI=1S/C10H14O4/c1-3-7(5-9(11)12)8(4-2)6-10(13)14/h3-4,7-8H,1-2,5-6H2,(H,11,12)(H,13,14). The van der Waals surface area contributed by atoms with Crippen molar-refractivity contribution in [3.63, 3.8) is 0 Å². The second-order valence-electron chi connectivity index (χ2n) is 2.99. The van der Waals surface area contributed by atoms with Gasteiger partial charge >= 0.3 is 11.9 Å². The minimum absolute atomic E-state index is 0.118. The molecular formula is C10H14O4. The molecule has 2 N–H and O–H groups in total. The van der Waals surface area contributed by atoms with Gasteiger partial charge in [-0.05, 0) is 11.8 Å². The van der Waals surface area contributed by atoms with Gasteiger partial charge < -0.3 is 10.2 Å². The monoisotopic (exact) mass is 198 g/mol. The van der Waals surface area contributed by atoms with Crippen LogP contribution in [-0.4, -0.2) is 22.2 Å². The van der Waals surface area contributed by atoms with Crippen LogP contribution in [0, 0.1) is 11.8 Å². The van der Waals surface area contributed by atoms with E-state index in [-0.39, 0.29) is 24.7 Å². The van der Waals surface area contributed by atoms with Crippen molar-refractivity contribution in [3.05, 3.63) is 25.3 Å². The minimum Gasteiger partial charge on any atom is -0.481 e. The topological polar surface area (TPSA) is 74.6 Å². The molecule has 2 atom stereocenters. The Morgan fingerprint density at radius 2 is 1.29 bits per heavy atom. The summed E-state index contributed by atoms with van der Waals surface area (Å²) in [5.41, 5.74) is 0. The van der Waals surface area contributed by atoms with Crippen molar-refractivity contribution in [2.75, 3.05) is 0 Å². The molecule has 0 rings (SSSR count). The molecule has 0 aromatic heterocycles. The number of allylic oxidation sites excluding steroid dienone is 2. The van der Waals surface area contributed by atoms with E-state index in [0.29, 0.717) is 0 Å². The zero-order valence-corrected chi connectivity index (χ0v) is 7.85. The van der Waals surface area contributed by atoms with Gasteiger partial charge in [0.1, 0.15) is 0 Å². The van der Waals surface area contributed by atoms with Crippen LogP contribution in [0.25, 0.3) is 0 Å². The van der Waals surface area contributed by atoms with Crippen molar-refractivity contribution in [2.45, 2.75) is 12.8 Å². The fourth-order valence-electron chi connectivity index (χ4n) is 1.22. The van der Waals surface area contributed by atoms with Crippen molar-refractivity contribution in [3.8, 4) is 0 Å². The molecule has 0 heterocycles. The summed E-state index contributed by atoms with van der Waals surface area (Å²) in [7, 11) is 0. The lowest BCUT2D eigenvalue weighted by atomic mass is 9.87. The van der Waals surface area contributed by atoms with E-state index >= 15 is 0 Å². The first-order chi connectivity index (χ1) is 6.51. The van der Waals surface area contributed by atoms with Crippen LogP contribution in [0.3, 0.4) is 0 Å². The van der Waals surface area contributed by atoms with Gasteiger partial charge in [0.2, 0.25) is 0 Å². The van der Waals surface area contributed by atoms with Crippen LogP contribution in [0.2, 0.25) is 0 Å². The molecule has 0 saturated heterocycles. The maximum Gasteiger partial charge on any atom is 0.303 e. The lowest BCUT2D eigenvalue weighted by Gasteiger charge is -2.17. The number of carboxylic acids is 2. The largest absolute Gasteiger partial charge is 0.481 e. The Morgan fingerprint density at radius 1 is 1.00 bits per heavy atom. The van der Waals surface area contributed by atoms with E-state index in [1.54, 1.807) is 0 Å². The molecule has 4 nitrogen and oxygen atoms in total. The van der Waals surface area contributed by atoms with E-state index < -0.39 is 11.9 Å². The van der Waals surface area contributed by atoms with Crippen LogP contribution in [-0.2, 0) is 9.59 Å².